The summed E-state index contributed by atoms with van der Waals surface area (Å²) in [5.41, 5.74) is 3.63. The molecule has 1 fully saturated rings. The molecular formula is C24H42O2. The highest BCUT2D eigenvalue weighted by molar-refractivity contribution is 5.51. The molecule has 0 amide bonds. The lowest BCUT2D eigenvalue weighted by molar-refractivity contribution is -0.00609. The molecule has 0 heterocycles. The third-order valence-electron chi connectivity index (χ3n) is 6.96. The van der Waals surface area contributed by atoms with Crippen molar-refractivity contribution >= 4 is 0 Å². The van der Waals surface area contributed by atoms with Crippen LogP contribution in [-0.2, 0) is 11.8 Å². The largest absolute Gasteiger partial charge is 0.493 e. The van der Waals surface area contributed by atoms with Crippen LogP contribution in [0.3, 0.4) is 0 Å². The van der Waals surface area contributed by atoms with Crippen molar-refractivity contribution in [1.29, 1.82) is 0 Å². The minimum atomic E-state index is 0.267. The van der Waals surface area contributed by atoms with Gasteiger partial charge in [-0.15, -0.1) is 0 Å². The molecule has 26 heavy (non-hydrogen) atoms. The van der Waals surface area contributed by atoms with E-state index < -0.39 is 0 Å². The average Bonchev–Trinajstić information content (AvgIpc) is 2.67. The van der Waals surface area contributed by atoms with E-state index in [4.69, 9.17) is 9.47 Å². The summed E-state index contributed by atoms with van der Waals surface area (Å²) in [5.74, 6) is 3.29. The molecule has 1 aromatic rings. The Morgan fingerprint density at radius 3 is 1.96 bits per heavy atom. The van der Waals surface area contributed by atoms with Crippen LogP contribution in [0.5, 0.6) is 11.5 Å². The second-order valence-corrected chi connectivity index (χ2v) is 8.13. The van der Waals surface area contributed by atoms with Crippen molar-refractivity contribution in [2.45, 2.75) is 86.5 Å². The number of fused-ring (bicyclic) bond motifs is 3. The molecule has 2 heteroatoms. The Kier molecular flexibility index (Phi) is 8.04. The number of benzene rings is 1. The van der Waals surface area contributed by atoms with Crippen molar-refractivity contribution in [3.63, 3.8) is 0 Å². The van der Waals surface area contributed by atoms with Gasteiger partial charge in [0.1, 0.15) is 0 Å². The molecule has 2 aliphatic rings. The van der Waals surface area contributed by atoms with Crippen LogP contribution < -0.4 is 9.47 Å². The maximum absolute atomic E-state index is 5.58. The van der Waals surface area contributed by atoms with E-state index in [1.807, 2.05) is 27.7 Å². The number of ether oxygens (including phenoxy) is 2. The van der Waals surface area contributed by atoms with E-state index in [1.165, 1.54) is 30.4 Å². The minimum Gasteiger partial charge on any atom is -0.493 e. The van der Waals surface area contributed by atoms with E-state index in [-0.39, 0.29) is 5.41 Å². The van der Waals surface area contributed by atoms with Crippen LogP contribution in [0.1, 0.15) is 85.8 Å². The van der Waals surface area contributed by atoms with E-state index in [1.54, 1.807) is 14.2 Å². The smallest absolute Gasteiger partial charge is 0.161 e. The first kappa shape index (κ1) is 22.9. The molecule has 150 valence electrons. The molecule has 2 aliphatic carbocycles. The van der Waals surface area contributed by atoms with Gasteiger partial charge in [0.2, 0.25) is 0 Å². The molecular weight excluding hydrogens is 320 g/mol. The van der Waals surface area contributed by atoms with Crippen LogP contribution in [0, 0.1) is 17.3 Å². The molecule has 0 bridgehead atoms. The molecule has 0 aliphatic heterocycles. The summed E-state index contributed by atoms with van der Waals surface area (Å²) in [6.07, 6.45) is 5.04. The van der Waals surface area contributed by atoms with Gasteiger partial charge in [-0.2, -0.15) is 0 Å². The molecule has 3 unspecified atom stereocenters. The Bertz CT molecular complexity index is 576. The first-order valence-electron chi connectivity index (χ1n) is 10.6. The van der Waals surface area contributed by atoms with Crippen LogP contribution >= 0.6 is 0 Å². The van der Waals surface area contributed by atoms with Gasteiger partial charge < -0.3 is 9.47 Å². The van der Waals surface area contributed by atoms with Gasteiger partial charge in [-0.1, -0.05) is 55.4 Å². The van der Waals surface area contributed by atoms with Gasteiger partial charge in [-0.3, -0.25) is 0 Å². The predicted molar refractivity (Wildman–Crippen MR) is 114 cm³/mol. The average molecular weight is 363 g/mol. The number of hydrogen-bond donors (Lipinski definition) is 0. The lowest BCUT2D eigenvalue weighted by atomic mass is 9.48. The SMILES string of the molecule is CC.CC.COc1cc2c(cc1OC)C1(C)CCC(C)C(C)(C)C1CC2. The molecule has 3 rings (SSSR count). The zero-order valence-electron chi connectivity index (χ0n) is 19.0. The van der Waals surface area contributed by atoms with Crippen molar-refractivity contribution in [3.05, 3.63) is 23.3 Å². The van der Waals surface area contributed by atoms with E-state index in [0.717, 1.165) is 29.8 Å². The van der Waals surface area contributed by atoms with Crippen LogP contribution in [0.4, 0.5) is 0 Å². The van der Waals surface area contributed by atoms with E-state index >= 15 is 0 Å². The third-order valence-corrected chi connectivity index (χ3v) is 6.96. The molecule has 1 aromatic carbocycles. The summed E-state index contributed by atoms with van der Waals surface area (Å²) in [6.45, 7) is 17.9. The molecule has 0 saturated heterocycles. The Morgan fingerprint density at radius 2 is 1.42 bits per heavy atom. The third kappa shape index (κ3) is 3.75. The summed E-state index contributed by atoms with van der Waals surface area (Å²) < 4.78 is 11.1. The zero-order valence-corrected chi connectivity index (χ0v) is 19.0. The molecule has 1 saturated carbocycles. The van der Waals surface area contributed by atoms with Gasteiger partial charge >= 0.3 is 0 Å². The first-order chi connectivity index (χ1) is 12.3. The second-order valence-electron chi connectivity index (χ2n) is 8.13. The Hall–Kier alpha value is -1.18. The molecule has 3 atom stereocenters. The molecule has 0 radical (unpaired) electrons. The van der Waals surface area contributed by atoms with Crippen molar-refractivity contribution in [1.82, 2.24) is 0 Å². The van der Waals surface area contributed by atoms with Gasteiger partial charge in [-0.25, -0.2) is 0 Å². The van der Waals surface area contributed by atoms with Crippen molar-refractivity contribution < 1.29 is 9.47 Å². The normalized spacial score (nSPS) is 28.2. The van der Waals surface area contributed by atoms with Gasteiger partial charge in [0.15, 0.2) is 11.5 Å². The number of rotatable bonds is 2. The minimum absolute atomic E-state index is 0.267. The monoisotopic (exact) mass is 362 g/mol. The summed E-state index contributed by atoms with van der Waals surface area (Å²) in [5, 5.41) is 0. The van der Waals surface area contributed by atoms with Crippen LogP contribution in [-0.4, -0.2) is 14.2 Å². The maximum atomic E-state index is 5.58. The molecule has 2 nitrogen and oxygen atoms in total. The Labute approximate surface area is 162 Å². The fourth-order valence-electron chi connectivity index (χ4n) is 5.20. The highest BCUT2D eigenvalue weighted by Gasteiger charge is 2.52. The Balaban J connectivity index is 0.000000791. The lowest BCUT2D eigenvalue weighted by Crippen LogP contribution is -2.51. The number of aryl methyl sites for hydroxylation is 1. The summed E-state index contributed by atoms with van der Waals surface area (Å²) in [6, 6.07) is 4.47. The fourth-order valence-corrected chi connectivity index (χ4v) is 5.20. The van der Waals surface area contributed by atoms with Gasteiger partial charge in [0, 0.05) is 0 Å². The molecule has 0 N–H and O–H groups in total. The first-order valence-corrected chi connectivity index (χ1v) is 10.6. The highest BCUT2D eigenvalue weighted by atomic mass is 16.5. The standard InChI is InChI=1S/C20H30O2.2C2H6/c1-13-9-10-20(4)15-12-17(22-6)16(21-5)11-14(15)7-8-18(20)19(13,2)3;2*1-2/h11-13,18H,7-10H2,1-6H3;2*1-2H3. The van der Waals surface area contributed by atoms with Gasteiger partial charge in [-0.05, 0) is 71.6 Å². The lowest BCUT2D eigenvalue weighted by Gasteiger charge is -2.57. The number of methoxy groups -OCH3 is 2. The van der Waals surface area contributed by atoms with E-state index in [2.05, 4.69) is 39.8 Å². The molecule has 0 spiro atoms. The van der Waals surface area contributed by atoms with Gasteiger partial charge in [0.05, 0.1) is 14.2 Å². The van der Waals surface area contributed by atoms with Crippen molar-refractivity contribution in [2.75, 3.05) is 14.2 Å². The second kappa shape index (κ2) is 9.15. The summed E-state index contributed by atoms with van der Waals surface area (Å²) in [4.78, 5) is 0. The van der Waals surface area contributed by atoms with Crippen molar-refractivity contribution in [2.24, 2.45) is 17.3 Å². The van der Waals surface area contributed by atoms with Gasteiger partial charge in [0.25, 0.3) is 0 Å². The maximum Gasteiger partial charge on any atom is 0.161 e. The van der Waals surface area contributed by atoms with Crippen LogP contribution in [0.25, 0.3) is 0 Å². The summed E-state index contributed by atoms with van der Waals surface area (Å²) >= 11 is 0. The topological polar surface area (TPSA) is 18.5 Å². The van der Waals surface area contributed by atoms with Crippen LogP contribution in [0.2, 0.25) is 0 Å². The fraction of sp³-hybridized carbons (Fsp3) is 0.750. The highest BCUT2D eigenvalue weighted by Crippen LogP contribution is 2.59. The van der Waals surface area contributed by atoms with Crippen molar-refractivity contribution in [3.8, 4) is 11.5 Å². The van der Waals surface area contributed by atoms with E-state index in [9.17, 15) is 0 Å². The van der Waals surface area contributed by atoms with E-state index in [0.29, 0.717) is 5.41 Å². The quantitative estimate of drug-likeness (QED) is 0.562. The Morgan fingerprint density at radius 1 is 0.885 bits per heavy atom. The number of hydrogen-bond acceptors (Lipinski definition) is 2. The zero-order chi connectivity index (χ0) is 20.1. The summed E-state index contributed by atoms with van der Waals surface area (Å²) in [7, 11) is 3.46. The van der Waals surface area contributed by atoms with Crippen LogP contribution in [0.15, 0.2) is 12.1 Å². The predicted octanol–water partition coefficient (Wildman–Crippen LogP) is 7.03. The molecule has 0 aromatic heterocycles.